The van der Waals surface area contributed by atoms with Gasteiger partial charge in [-0.25, -0.2) is 0 Å². The molecule has 2 aliphatic rings. The van der Waals surface area contributed by atoms with Crippen LogP contribution in [0.5, 0.6) is 0 Å². The van der Waals surface area contributed by atoms with E-state index in [-0.39, 0.29) is 0 Å². The molecule has 0 saturated carbocycles. The summed E-state index contributed by atoms with van der Waals surface area (Å²) >= 11 is 1.86. The quantitative estimate of drug-likeness (QED) is 0.162. The van der Waals surface area contributed by atoms with Crippen LogP contribution in [0.15, 0.2) is 237 Å². The molecule has 1 aromatic heterocycles. The molecule has 0 atom stereocenters. The summed E-state index contributed by atoms with van der Waals surface area (Å²) in [6.45, 7) is 0. The molecule has 0 bridgehead atoms. The molecule has 294 valence electrons. The van der Waals surface area contributed by atoms with Crippen LogP contribution < -0.4 is 4.90 Å². The lowest BCUT2D eigenvalue weighted by Crippen LogP contribution is -2.26. The molecule has 0 N–H and O–H groups in total. The van der Waals surface area contributed by atoms with Crippen LogP contribution in [0, 0.1) is 0 Å². The van der Waals surface area contributed by atoms with Crippen LogP contribution in [-0.2, 0) is 5.41 Å². The summed E-state index contributed by atoms with van der Waals surface area (Å²) in [5.41, 5.74) is 20.7. The minimum Gasteiger partial charge on any atom is -0.310 e. The highest BCUT2D eigenvalue weighted by molar-refractivity contribution is 7.25. The third kappa shape index (κ3) is 5.48. The standard InChI is InChI=1S/C61H39NS/c1-2-13-40(14-3-1)41-25-27-42(28-26-41)43-29-32-46(33-30-43)62(47-16-12-15-44(37-47)45-31-36-60-54(38-45)53-20-7-11-24-59(53)63-60)48-34-35-52-51-19-6-10-23-57(51)61(58(52)39-48)55-21-8-4-17-49(55)50-18-5-9-22-56(50)61/h1-39H. The fraction of sp³-hybridized carbons (Fsp3) is 0.0164. The summed E-state index contributed by atoms with van der Waals surface area (Å²) in [6, 6.07) is 87.8. The maximum absolute atomic E-state index is 2.49. The average molecular weight is 818 g/mol. The lowest BCUT2D eigenvalue weighted by atomic mass is 9.70. The lowest BCUT2D eigenvalue weighted by molar-refractivity contribution is 0.793. The molecule has 63 heavy (non-hydrogen) atoms. The van der Waals surface area contributed by atoms with E-state index in [4.69, 9.17) is 0 Å². The van der Waals surface area contributed by atoms with Gasteiger partial charge in [-0.05, 0) is 132 Å². The molecule has 0 saturated heterocycles. The molecular weight excluding hydrogens is 779 g/mol. The van der Waals surface area contributed by atoms with Gasteiger partial charge < -0.3 is 4.90 Å². The van der Waals surface area contributed by atoms with Crippen LogP contribution in [0.25, 0.3) is 75.8 Å². The van der Waals surface area contributed by atoms with Gasteiger partial charge in [-0.3, -0.25) is 0 Å². The molecular formula is C61H39NS. The van der Waals surface area contributed by atoms with Crippen LogP contribution in [0.4, 0.5) is 17.1 Å². The van der Waals surface area contributed by atoms with Crippen molar-refractivity contribution in [2.45, 2.75) is 5.41 Å². The van der Waals surface area contributed by atoms with E-state index in [1.807, 2.05) is 11.3 Å². The second kappa shape index (κ2) is 14.1. The first kappa shape index (κ1) is 35.9. The third-order valence-electron chi connectivity index (χ3n) is 13.5. The van der Waals surface area contributed by atoms with Crippen molar-refractivity contribution < 1.29 is 0 Å². The van der Waals surface area contributed by atoms with E-state index in [0.717, 1.165) is 17.1 Å². The van der Waals surface area contributed by atoms with E-state index in [2.05, 4.69) is 241 Å². The predicted molar refractivity (Wildman–Crippen MR) is 267 cm³/mol. The molecule has 0 unspecified atom stereocenters. The molecule has 11 aromatic rings. The molecule has 0 radical (unpaired) electrons. The molecule has 0 amide bonds. The zero-order chi connectivity index (χ0) is 41.5. The molecule has 10 aromatic carbocycles. The van der Waals surface area contributed by atoms with Crippen LogP contribution in [0.1, 0.15) is 22.3 Å². The molecule has 13 rings (SSSR count). The van der Waals surface area contributed by atoms with Gasteiger partial charge in [-0.2, -0.15) is 0 Å². The first-order valence-electron chi connectivity index (χ1n) is 21.7. The van der Waals surface area contributed by atoms with Crippen molar-refractivity contribution in [2.24, 2.45) is 0 Å². The number of hydrogen-bond donors (Lipinski definition) is 0. The maximum atomic E-state index is 2.49. The molecule has 0 fully saturated rings. The van der Waals surface area contributed by atoms with Gasteiger partial charge in [0.2, 0.25) is 0 Å². The normalized spacial score (nSPS) is 12.9. The van der Waals surface area contributed by atoms with E-state index >= 15 is 0 Å². The fourth-order valence-electron chi connectivity index (χ4n) is 10.7. The number of hydrogen-bond acceptors (Lipinski definition) is 2. The predicted octanol–water partition coefficient (Wildman–Crippen LogP) is 16.9. The Morgan fingerprint density at radius 1 is 0.270 bits per heavy atom. The van der Waals surface area contributed by atoms with E-state index < -0.39 is 5.41 Å². The van der Waals surface area contributed by atoms with Gasteiger partial charge >= 0.3 is 0 Å². The Bertz CT molecular complexity index is 3500. The van der Waals surface area contributed by atoms with Gasteiger partial charge in [-0.15, -0.1) is 11.3 Å². The SMILES string of the molecule is c1ccc(-c2ccc(-c3ccc(N(c4cccc(-c5ccc6sc7ccccc7c6c5)c4)c4ccc5c(c4)C4(c6ccccc6-c6ccccc64)c4ccccc4-5)cc3)cc2)cc1. The van der Waals surface area contributed by atoms with Crippen molar-refractivity contribution in [1.29, 1.82) is 0 Å². The highest BCUT2D eigenvalue weighted by Gasteiger charge is 2.51. The van der Waals surface area contributed by atoms with Crippen molar-refractivity contribution in [3.63, 3.8) is 0 Å². The minimum atomic E-state index is -0.433. The molecule has 1 heterocycles. The number of rotatable bonds is 6. The van der Waals surface area contributed by atoms with E-state index in [0.29, 0.717) is 0 Å². The van der Waals surface area contributed by atoms with Crippen molar-refractivity contribution in [1.82, 2.24) is 0 Å². The summed E-state index contributed by atoms with van der Waals surface area (Å²) in [5.74, 6) is 0. The molecule has 2 aliphatic carbocycles. The average Bonchev–Trinajstić information content (AvgIpc) is 3.98. The number of fused-ring (bicyclic) bond motifs is 13. The summed E-state index contributed by atoms with van der Waals surface area (Å²) in [7, 11) is 0. The van der Waals surface area contributed by atoms with E-state index in [9.17, 15) is 0 Å². The first-order valence-corrected chi connectivity index (χ1v) is 22.6. The molecule has 1 spiro atoms. The van der Waals surface area contributed by atoms with Crippen molar-refractivity contribution in [3.8, 4) is 55.6 Å². The Kier molecular flexibility index (Phi) is 8.06. The van der Waals surface area contributed by atoms with Crippen molar-refractivity contribution in [2.75, 3.05) is 4.90 Å². The monoisotopic (exact) mass is 817 g/mol. The summed E-state index contributed by atoms with van der Waals surface area (Å²) < 4.78 is 2.64. The van der Waals surface area contributed by atoms with Crippen LogP contribution in [0.3, 0.4) is 0 Å². The topological polar surface area (TPSA) is 3.24 Å². The third-order valence-corrected chi connectivity index (χ3v) is 14.7. The smallest absolute Gasteiger partial charge is 0.0726 e. The summed E-state index contributed by atoms with van der Waals surface area (Å²) in [4.78, 5) is 2.45. The second-order valence-corrected chi connectivity index (χ2v) is 17.9. The number of benzene rings is 10. The second-order valence-electron chi connectivity index (χ2n) is 16.8. The molecule has 1 nitrogen and oxygen atoms in total. The van der Waals surface area contributed by atoms with Crippen LogP contribution in [-0.4, -0.2) is 0 Å². The van der Waals surface area contributed by atoms with Gasteiger partial charge in [0.25, 0.3) is 0 Å². The summed E-state index contributed by atoms with van der Waals surface area (Å²) in [6.07, 6.45) is 0. The van der Waals surface area contributed by atoms with Gasteiger partial charge in [0, 0.05) is 37.2 Å². The van der Waals surface area contributed by atoms with Gasteiger partial charge in [-0.1, -0.05) is 182 Å². The van der Waals surface area contributed by atoms with Crippen molar-refractivity contribution >= 4 is 48.6 Å². The lowest BCUT2D eigenvalue weighted by Gasteiger charge is -2.32. The first-order chi connectivity index (χ1) is 31.2. The zero-order valence-electron chi connectivity index (χ0n) is 34.4. The largest absolute Gasteiger partial charge is 0.310 e. The van der Waals surface area contributed by atoms with E-state index in [1.54, 1.807) is 0 Å². The van der Waals surface area contributed by atoms with Crippen LogP contribution in [0.2, 0.25) is 0 Å². The highest BCUT2D eigenvalue weighted by Crippen LogP contribution is 2.63. The molecule has 0 aliphatic heterocycles. The summed E-state index contributed by atoms with van der Waals surface area (Å²) in [5, 5.41) is 2.62. The minimum absolute atomic E-state index is 0.433. The Morgan fingerprint density at radius 3 is 1.40 bits per heavy atom. The highest BCUT2D eigenvalue weighted by atomic mass is 32.1. The van der Waals surface area contributed by atoms with Gasteiger partial charge in [0.1, 0.15) is 0 Å². The fourth-order valence-corrected chi connectivity index (χ4v) is 11.8. The number of anilines is 3. The molecule has 2 heteroatoms. The Morgan fingerprint density at radius 2 is 0.730 bits per heavy atom. The zero-order valence-corrected chi connectivity index (χ0v) is 35.2. The van der Waals surface area contributed by atoms with E-state index in [1.165, 1.54) is 98.1 Å². The Hall–Kier alpha value is -7.78. The Labute approximate surface area is 371 Å². The van der Waals surface area contributed by atoms with Gasteiger partial charge in [0.15, 0.2) is 0 Å². The van der Waals surface area contributed by atoms with Crippen molar-refractivity contribution in [3.05, 3.63) is 259 Å². The van der Waals surface area contributed by atoms with Gasteiger partial charge in [0.05, 0.1) is 5.41 Å². The maximum Gasteiger partial charge on any atom is 0.0726 e. The number of thiophene rings is 1. The number of nitrogens with zero attached hydrogens (tertiary/aromatic N) is 1. The van der Waals surface area contributed by atoms with Crippen LogP contribution >= 0.6 is 11.3 Å². The Balaban J connectivity index is 0.981.